The summed E-state index contributed by atoms with van der Waals surface area (Å²) in [5.41, 5.74) is 0. The van der Waals surface area contributed by atoms with E-state index in [2.05, 4.69) is 0 Å². The molecular weight excluding hydrogens is 225 g/mol. The zero-order valence-corrected chi connectivity index (χ0v) is 12.0. The van der Waals surface area contributed by atoms with Crippen molar-refractivity contribution in [3.63, 3.8) is 0 Å². The first-order valence-electron chi connectivity index (χ1n) is 2.50. The molecule has 0 aliphatic carbocycles. The maximum absolute atomic E-state index is 1.64. The second kappa shape index (κ2) is 1.34. The van der Waals surface area contributed by atoms with Crippen LogP contribution in [-0.2, 0) is 0 Å². The molecular formula is Si8. The van der Waals surface area contributed by atoms with Crippen molar-refractivity contribution < 1.29 is 0 Å². The summed E-state index contributed by atoms with van der Waals surface area (Å²) in [6.07, 6.45) is -0.116. The second-order valence-electron chi connectivity index (χ2n) is 2.25. The van der Waals surface area contributed by atoms with E-state index in [4.69, 9.17) is 0 Å². The van der Waals surface area contributed by atoms with E-state index in [0.717, 1.165) is 0 Å². The fourth-order valence-corrected chi connectivity index (χ4v) is 243. The van der Waals surface area contributed by atoms with Gasteiger partial charge in [0, 0.05) is 0 Å². The summed E-state index contributed by atoms with van der Waals surface area (Å²) >= 11 is 0. The number of hydrogen-bond acceptors (Lipinski definition) is 0. The van der Waals surface area contributed by atoms with Crippen LogP contribution in [0.5, 0.6) is 0 Å². The molecule has 0 amide bonds. The predicted molar refractivity (Wildman–Crippen MR) is 46.0 cm³/mol. The van der Waals surface area contributed by atoms with Crippen LogP contribution in [0.2, 0.25) is 0 Å². The molecule has 3 aliphatic heterocycles. The minimum Gasteiger partial charge on any atom is -0.0221 e. The molecule has 0 nitrogen and oxygen atoms in total. The van der Waals surface area contributed by atoms with Gasteiger partial charge in [0.2, 0.25) is 0 Å². The Balaban J connectivity index is 2.40. The zero-order chi connectivity index (χ0) is 5.24. The Bertz CT molecular complexity index is 178. The molecule has 0 aromatic rings. The van der Waals surface area contributed by atoms with Gasteiger partial charge in [-0.25, -0.2) is 0 Å². The lowest BCUT2D eigenvalue weighted by molar-refractivity contribution is 3.16. The first kappa shape index (κ1) is 5.39. The molecule has 3 rings (SSSR count). The molecule has 0 aromatic carbocycles. The highest BCUT2D eigenvalue weighted by atomic mass is 30.7. The van der Waals surface area contributed by atoms with Gasteiger partial charge < -0.3 is 0 Å². The first-order chi connectivity index (χ1) is 3.87. The number of rotatable bonds is 0. The van der Waals surface area contributed by atoms with Gasteiger partial charge in [0.25, 0.3) is 0 Å². The van der Waals surface area contributed by atoms with Crippen LogP contribution in [0.4, 0.5) is 0 Å². The van der Waals surface area contributed by atoms with Crippen LogP contribution in [0.1, 0.15) is 0 Å². The Morgan fingerprint density at radius 1 is 0.500 bits per heavy atom. The maximum atomic E-state index is 1.64. The Morgan fingerprint density at radius 2 is 0.750 bits per heavy atom. The van der Waals surface area contributed by atoms with Crippen LogP contribution in [-0.4, -0.2) is 61.1 Å². The van der Waals surface area contributed by atoms with Crippen molar-refractivity contribution in [2.45, 2.75) is 0 Å². The summed E-state index contributed by atoms with van der Waals surface area (Å²) in [5, 5.41) is 0. The van der Waals surface area contributed by atoms with Crippen LogP contribution < -0.4 is 0 Å². The van der Waals surface area contributed by atoms with Crippen molar-refractivity contribution in [1.29, 1.82) is 0 Å². The van der Waals surface area contributed by atoms with Gasteiger partial charge in [-0.2, -0.15) is 0 Å². The highest BCUT2D eigenvalue weighted by Crippen LogP contribution is 2.21. The average Bonchev–Trinajstić information content (AvgIpc) is 1.90. The van der Waals surface area contributed by atoms with Crippen molar-refractivity contribution in [2.24, 2.45) is 0 Å². The van der Waals surface area contributed by atoms with E-state index in [0.29, 0.717) is 0 Å². The quantitative estimate of drug-likeness (QED) is 0.384. The van der Waals surface area contributed by atoms with Crippen LogP contribution in [0.3, 0.4) is 0 Å². The Labute approximate surface area is 60.9 Å². The van der Waals surface area contributed by atoms with Gasteiger partial charge in [-0.1, -0.05) is 0 Å². The van der Waals surface area contributed by atoms with Crippen molar-refractivity contribution in [3.8, 4) is 0 Å². The minimum atomic E-state index is -0.0579. The molecule has 0 fully saturated rings. The fourth-order valence-electron chi connectivity index (χ4n) is 1.12. The highest BCUT2D eigenvalue weighted by Gasteiger charge is 2.62. The highest BCUT2D eigenvalue weighted by molar-refractivity contribution is 8.35. The van der Waals surface area contributed by atoms with E-state index in [9.17, 15) is 0 Å². The number of hydrogen-bond donors (Lipinski definition) is 0. The van der Waals surface area contributed by atoms with Gasteiger partial charge in [-0.3, -0.25) is 0 Å². The molecule has 0 unspecified atom stereocenters. The molecule has 6 radical (unpaired) electrons. The summed E-state index contributed by atoms with van der Waals surface area (Å²) in [5.74, 6) is 0. The van der Waals surface area contributed by atoms with E-state index in [1.807, 2.05) is 0 Å². The molecule has 3 heterocycles. The van der Waals surface area contributed by atoms with E-state index >= 15 is 0 Å². The Morgan fingerprint density at radius 3 is 0.750 bits per heavy atom. The standard InChI is InChI=1S/Si8/c1-2-8-5-3-7(1,8)4-6-8. The SMILES string of the molecule is [Si]1=[Si][Si]23[Si]=[Si][Si]12[Si]=[Si]3. The van der Waals surface area contributed by atoms with E-state index in [1.54, 1.807) is 48.8 Å². The molecule has 0 N–H and O–H groups in total. The first-order valence-corrected chi connectivity index (χ1v) is 22.5. The van der Waals surface area contributed by atoms with Crippen LogP contribution >= 0.6 is 0 Å². The van der Waals surface area contributed by atoms with Crippen molar-refractivity contribution >= 4 is 61.1 Å². The van der Waals surface area contributed by atoms with Gasteiger partial charge in [0.15, 0.2) is 0 Å². The van der Waals surface area contributed by atoms with Gasteiger partial charge in [0.1, 0.15) is 0 Å². The van der Waals surface area contributed by atoms with Crippen molar-refractivity contribution in [2.75, 3.05) is 0 Å². The lowest BCUT2D eigenvalue weighted by atomic mass is 25.5. The largest absolute Gasteiger partial charge is 0.0664 e. The van der Waals surface area contributed by atoms with E-state index < -0.39 is 0 Å². The third-order valence-corrected chi connectivity index (χ3v) is 152. The van der Waals surface area contributed by atoms with Gasteiger partial charge in [0.05, 0.1) is 12.3 Å². The molecule has 0 atom stereocenters. The predicted octanol–water partition coefficient (Wildman–Crippen LogP) is -3.05. The monoisotopic (exact) mass is 224 g/mol. The Kier molecular flexibility index (Phi) is 0.905. The van der Waals surface area contributed by atoms with Crippen LogP contribution in [0.15, 0.2) is 0 Å². The van der Waals surface area contributed by atoms with Crippen molar-refractivity contribution in [1.82, 2.24) is 0 Å². The van der Waals surface area contributed by atoms with Crippen LogP contribution in [0.25, 0.3) is 0 Å². The molecule has 8 heavy (non-hydrogen) atoms. The second-order valence-corrected chi connectivity index (χ2v) is 60.8. The third-order valence-electron chi connectivity index (χ3n) is 1.88. The smallest absolute Gasteiger partial charge is 0.0221 e. The summed E-state index contributed by atoms with van der Waals surface area (Å²) in [6, 6.07) is 0. The summed E-state index contributed by atoms with van der Waals surface area (Å²) < 4.78 is 0. The molecule has 0 bridgehead atoms. The molecule has 3 aliphatic rings. The molecule has 0 aromatic heterocycles. The van der Waals surface area contributed by atoms with Gasteiger partial charge in [-0.05, 0) is 48.8 Å². The zero-order valence-electron chi connectivity index (χ0n) is 4.00. The topological polar surface area (TPSA) is 0 Å². The van der Waals surface area contributed by atoms with Gasteiger partial charge in [-0.15, -0.1) is 0 Å². The molecule has 0 saturated heterocycles. The summed E-state index contributed by atoms with van der Waals surface area (Å²) in [4.78, 5) is 0. The molecule has 8 heteroatoms. The van der Waals surface area contributed by atoms with E-state index in [-0.39, 0.29) is 12.3 Å². The lowest BCUT2D eigenvalue weighted by Crippen LogP contribution is -2.97. The van der Waals surface area contributed by atoms with Gasteiger partial charge >= 0.3 is 0 Å². The normalized spacial score (nSPS) is 60.0. The fraction of sp³-hybridized carbons (Fsp3) is 0. The lowest BCUT2D eigenvalue weighted by Gasteiger charge is -2.56. The summed E-state index contributed by atoms with van der Waals surface area (Å²) in [6.45, 7) is 0. The molecule has 0 saturated carbocycles. The maximum Gasteiger partial charge on any atom is 0.0664 e. The minimum absolute atomic E-state index is 0.0579. The van der Waals surface area contributed by atoms with Crippen molar-refractivity contribution in [3.05, 3.63) is 0 Å². The van der Waals surface area contributed by atoms with Crippen LogP contribution in [0, 0.1) is 0 Å². The average molecular weight is 225 g/mol. The third kappa shape index (κ3) is 0.348. The summed E-state index contributed by atoms with van der Waals surface area (Å²) in [7, 11) is 9.84. The molecule has 32 valence electrons. The van der Waals surface area contributed by atoms with E-state index in [1.165, 1.54) is 0 Å². The Hall–Kier alpha value is 1.74. The molecule has 0 spiro atoms.